The van der Waals surface area contributed by atoms with Gasteiger partial charge in [-0.3, -0.25) is 15.0 Å². The minimum atomic E-state index is -0.310. The lowest BCUT2D eigenvalue weighted by Crippen LogP contribution is -2.42. The first-order chi connectivity index (χ1) is 13.7. The normalized spacial score (nSPS) is 21.0. The summed E-state index contributed by atoms with van der Waals surface area (Å²) in [4.78, 5) is 33.4. The number of carbonyl (C=O) groups excluding carboxylic acids is 2. The number of hydrogen-bond acceptors (Lipinski definition) is 4. The minimum Gasteiger partial charge on any atom is -0.294 e. The van der Waals surface area contributed by atoms with Crippen LogP contribution in [0.15, 0.2) is 52.7 Å². The summed E-state index contributed by atoms with van der Waals surface area (Å²) in [6, 6.07) is 9.20. The SMILES string of the molecule is CC1=[C]C(c2cccs2)C2=C(CC(C)(C)CC2=O)N1C(=O)Nc1cccc(C)n1. The molecule has 0 aromatic carbocycles. The first-order valence-electron chi connectivity index (χ1n) is 9.70. The third-order valence-corrected chi connectivity index (χ3v) is 6.23. The summed E-state index contributed by atoms with van der Waals surface area (Å²) >= 11 is 1.61. The Hall–Kier alpha value is -2.73. The van der Waals surface area contributed by atoms with Crippen LogP contribution < -0.4 is 5.32 Å². The Bertz CT molecular complexity index is 1030. The summed E-state index contributed by atoms with van der Waals surface area (Å²) in [6.45, 7) is 7.90. The zero-order valence-electron chi connectivity index (χ0n) is 17.1. The number of Topliss-reactive ketones (excluding diaryl/α,β-unsaturated/α-hetero) is 1. The van der Waals surface area contributed by atoms with E-state index in [1.54, 1.807) is 22.3 Å². The van der Waals surface area contributed by atoms with Gasteiger partial charge in [0.2, 0.25) is 0 Å². The number of anilines is 1. The van der Waals surface area contributed by atoms with Crippen molar-refractivity contribution in [3.05, 3.63) is 69.3 Å². The fraction of sp³-hybridized carbons (Fsp3) is 0.348. The molecule has 1 radical (unpaired) electrons. The van der Waals surface area contributed by atoms with Crippen LogP contribution in [0.1, 0.15) is 50.1 Å². The molecule has 2 aliphatic rings. The summed E-state index contributed by atoms with van der Waals surface area (Å²) in [5.41, 5.74) is 2.81. The Morgan fingerprint density at radius 3 is 2.72 bits per heavy atom. The number of urea groups is 1. The highest BCUT2D eigenvalue weighted by molar-refractivity contribution is 7.10. The number of pyridine rings is 1. The third kappa shape index (κ3) is 3.77. The Kier molecular flexibility index (Phi) is 4.90. The van der Waals surface area contributed by atoms with Gasteiger partial charge in [-0.2, -0.15) is 0 Å². The van der Waals surface area contributed by atoms with Crippen molar-refractivity contribution in [1.82, 2.24) is 9.88 Å². The second-order valence-electron chi connectivity index (χ2n) is 8.41. The van der Waals surface area contributed by atoms with Crippen molar-refractivity contribution >= 4 is 29.0 Å². The van der Waals surface area contributed by atoms with Crippen molar-refractivity contribution in [3.8, 4) is 0 Å². The van der Waals surface area contributed by atoms with E-state index in [0.717, 1.165) is 16.3 Å². The number of amides is 2. The molecule has 1 N–H and O–H groups in total. The fourth-order valence-electron chi connectivity index (χ4n) is 4.10. The standard InChI is InChI=1S/C23H24N3O2S/c1-14-7-5-9-20(24-14)25-22(28)26-15(2)11-16(19-8-6-10-29-19)21-17(26)12-23(3,4)13-18(21)27/h5-10,16H,12-13H2,1-4H3,(H,24,25,28). The van der Waals surface area contributed by atoms with Crippen LogP contribution in [0.3, 0.4) is 0 Å². The smallest absolute Gasteiger partial charge is 0.294 e. The van der Waals surface area contributed by atoms with Gasteiger partial charge in [-0.05, 0) is 55.3 Å². The van der Waals surface area contributed by atoms with Crippen LogP contribution in [-0.2, 0) is 4.79 Å². The average molecular weight is 407 g/mol. The van der Waals surface area contributed by atoms with Crippen LogP contribution in [0.2, 0.25) is 0 Å². The molecule has 0 fully saturated rings. The van der Waals surface area contributed by atoms with Gasteiger partial charge in [0.25, 0.3) is 0 Å². The maximum Gasteiger partial charge on any atom is 0.331 e. The predicted molar refractivity (Wildman–Crippen MR) is 114 cm³/mol. The van der Waals surface area contributed by atoms with Gasteiger partial charge in [0.05, 0.1) is 5.92 Å². The highest BCUT2D eigenvalue weighted by Crippen LogP contribution is 2.47. The second kappa shape index (κ2) is 7.26. The molecule has 5 nitrogen and oxygen atoms in total. The predicted octanol–water partition coefficient (Wildman–Crippen LogP) is 5.43. The molecule has 2 aromatic rings. The van der Waals surface area contributed by atoms with E-state index in [2.05, 4.69) is 30.2 Å². The molecule has 1 aliphatic carbocycles. The van der Waals surface area contributed by atoms with Crippen molar-refractivity contribution in [2.24, 2.45) is 5.41 Å². The monoisotopic (exact) mass is 406 g/mol. The molecule has 2 aromatic heterocycles. The van der Waals surface area contributed by atoms with Crippen LogP contribution in [0, 0.1) is 18.4 Å². The molecule has 1 unspecified atom stereocenters. The number of allylic oxidation sites excluding steroid dienone is 4. The molecule has 0 bridgehead atoms. The quantitative estimate of drug-likeness (QED) is 0.723. The van der Waals surface area contributed by atoms with E-state index in [0.29, 0.717) is 29.9 Å². The summed E-state index contributed by atoms with van der Waals surface area (Å²) in [5.74, 6) is 0.377. The van der Waals surface area contributed by atoms with E-state index >= 15 is 0 Å². The number of nitrogens with one attached hydrogen (secondary N) is 1. The summed E-state index contributed by atoms with van der Waals surface area (Å²) < 4.78 is 0. The van der Waals surface area contributed by atoms with Crippen LogP contribution in [-0.4, -0.2) is 21.7 Å². The van der Waals surface area contributed by atoms with E-state index in [9.17, 15) is 9.59 Å². The lowest BCUT2D eigenvalue weighted by atomic mass is 9.71. The van der Waals surface area contributed by atoms with Gasteiger partial charge in [0.15, 0.2) is 5.78 Å². The molecular weight excluding hydrogens is 382 g/mol. The molecule has 0 spiro atoms. The van der Waals surface area contributed by atoms with E-state index in [-0.39, 0.29) is 23.1 Å². The van der Waals surface area contributed by atoms with Crippen molar-refractivity contribution in [2.45, 2.75) is 46.5 Å². The maximum absolute atomic E-state index is 13.2. The highest BCUT2D eigenvalue weighted by Gasteiger charge is 2.42. The fourth-order valence-corrected chi connectivity index (χ4v) is 4.88. The molecule has 1 aliphatic heterocycles. The molecule has 6 heteroatoms. The van der Waals surface area contributed by atoms with Crippen LogP contribution in [0.5, 0.6) is 0 Å². The molecule has 2 amide bonds. The summed E-state index contributed by atoms with van der Waals surface area (Å²) in [6.07, 6.45) is 4.53. The van der Waals surface area contributed by atoms with Gasteiger partial charge >= 0.3 is 6.03 Å². The lowest BCUT2D eigenvalue weighted by Gasteiger charge is -2.41. The van der Waals surface area contributed by atoms with Gasteiger partial charge < -0.3 is 0 Å². The number of rotatable bonds is 2. The van der Waals surface area contributed by atoms with E-state index in [4.69, 9.17) is 0 Å². The van der Waals surface area contributed by atoms with Gasteiger partial charge in [0, 0.05) is 34.0 Å². The summed E-state index contributed by atoms with van der Waals surface area (Å²) in [7, 11) is 0. The van der Waals surface area contributed by atoms with Gasteiger partial charge in [-0.1, -0.05) is 26.0 Å². The Balaban J connectivity index is 1.76. The van der Waals surface area contributed by atoms with E-state index in [1.807, 2.05) is 43.5 Å². The molecule has 3 heterocycles. The summed E-state index contributed by atoms with van der Waals surface area (Å²) in [5, 5.41) is 4.89. The number of aryl methyl sites for hydroxylation is 1. The van der Waals surface area contributed by atoms with Crippen LogP contribution >= 0.6 is 11.3 Å². The number of thiophene rings is 1. The number of ketones is 1. The Morgan fingerprint density at radius 1 is 1.24 bits per heavy atom. The molecule has 1 atom stereocenters. The number of hydrogen-bond donors (Lipinski definition) is 1. The second-order valence-corrected chi connectivity index (χ2v) is 9.39. The third-order valence-electron chi connectivity index (χ3n) is 5.30. The number of carbonyl (C=O) groups is 2. The van der Waals surface area contributed by atoms with Crippen LogP contribution in [0.4, 0.5) is 10.6 Å². The van der Waals surface area contributed by atoms with Crippen molar-refractivity contribution in [1.29, 1.82) is 0 Å². The minimum absolute atomic E-state index is 0.0983. The Morgan fingerprint density at radius 2 is 2.03 bits per heavy atom. The Labute approximate surface area is 175 Å². The van der Waals surface area contributed by atoms with Crippen molar-refractivity contribution in [2.75, 3.05) is 5.32 Å². The molecular formula is C23H24N3O2S. The first-order valence-corrected chi connectivity index (χ1v) is 10.6. The van der Waals surface area contributed by atoms with Crippen LogP contribution in [0.25, 0.3) is 0 Å². The first kappa shape index (κ1) is 19.6. The van der Waals surface area contributed by atoms with E-state index < -0.39 is 0 Å². The zero-order valence-corrected chi connectivity index (χ0v) is 17.9. The largest absolute Gasteiger partial charge is 0.331 e. The highest BCUT2D eigenvalue weighted by atomic mass is 32.1. The van der Waals surface area contributed by atoms with Gasteiger partial charge in [0.1, 0.15) is 5.82 Å². The number of nitrogens with zero attached hydrogens (tertiary/aromatic N) is 2. The van der Waals surface area contributed by atoms with E-state index in [1.165, 1.54) is 0 Å². The van der Waals surface area contributed by atoms with Crippen molar-refractivity contribution < 1.29 is 9.59 Å². The van der Waals surface area contributed by atoms with Crippen molar-refractivity contribution in [3.63, 3.8) is 0 Å². The number of aromatic nitrogens is 1. The maximum atomic E-state index is 13.2. The molecule has 4 rings (SSSR count). The molecule has 0 saturated carbocycles. The molecule has 149 valence electrons. The zero-order chi connectivity index (χ0) is 20.8. The molecule has 29 heavy (non-hydrogen) atoms. The van der Waals surface area contributed by atoms with Gasteiger partial charge in [-0.15, -0.1) is 11.3 Å². The lowest BCUT2D eigenvalue weighted by molar-refractivity contribution is -0.118. The molecule has 0 saturated heterocycles. The topological polar surface area (TPSA) is 62.3 Å². The average Bonchev–Trinajstić information content (AvgIpc) is 3.14. The van der Waals surface area contributed by atoms with Gasteiger partial charge in [-0.25, -0.2) is 9.78 Å².